The molecule has 0 spiro atoms. The molecule has 0 saturated carbocycles. The third kappa shape index (κ3) is 5.62. The lowest BCUT2D eigenvalue weighted by Gasteiger charge is -2.27. The van der Waals surface area contributed by atoms with Gasteiger partial charge >= 0.3 is 0 Å². The first-order chi connectivity index (χ1) is 26.9. The third-order valence-electron chi connectivity index (χ3n) is 11.3. The largest absolute Gasteiger partial charge is 0.488 e. The zero-order valence-electron chi connectivity index (χ0n) is 30.9. The Kier molecular flexibility index (Phi) is 7.94. The number of hydrogen-bond donors (Lipinski definition) is 0. The summed E-state index contributed by atoms with van der Waals surface area (Å²) in [5.41, 5.74) is 14.8. The predicted octanol–water partition coefficient (Wildman–Crippen LogP) is 14.7. The van der Waals surface area contributed by atoms with Gasteiger partial charge in [-0.15, -0.1) is 11.3 Å². The molecule has 1 aromatic heterocycles. The second-order valence-electron chi connectivity index (χ2n) is 14.9. The van der Waals surface area contributed by atoms with Gasteiger partial charge in [-0.25, -0.2) is 0 Å². The van der Waals surface area contributed by atoms with Crippen LogP contribution < -0.4 is 9.64 Å². The number of benzene rings is 7. The van der Waals surface area contributed by atoms with E-state index in [1.54, 1.807) is 0 Å². The van der Waals surface area contributed by atoms with Gasteiger partial charge in [-0.1, -0.05) is 136 Å². The van der Waals surface area contributed by atoms with Crippen LogP contribution in [0.4, 0.5) is 17.1 Å². The molecule has 1 aliphatic carbocycles. The van der Waals surface area contributed by atoms with E-state index in [9.17, 15) is 0 Å². The van der Waals surface area contributed by atoms with Gasteiger partial charge in [0.25, 0.3) is 0 Å². The van der Waals surface area contributed by atoms with E-state index < -0.39 is 0 Å². The molecule has 0 atom stereocenters. The van der Waals surface area contributed by atoms with E-state index in [1.165, 1.54) is 59.1 Å². The van der Waals surface area contributed by atoms with E-state index in [4.69, 9.17) is 4.74 Å². The average molecular weight is 726 g/mol. The van der Waals surface area contributed by atoms with Crippen molar-refractivity contribution >= 4 is 54.1 Å². The summed E-state index contributed by atoms with van der Waals surface area (Å²) in [7, 11) is 0. The van der Waals surface area contributed by atoms with Gasteiger partial charge in [-0.05, 0) is 105 Å². The van der Waals surface area contributed by atoms with Gasteiger partial charge in [0, 0.05) is 53.8 Å². The van der Waals surface area contributed by atoms with Gasteiger partial charge in [0.1, 0.15) is 12.4 Å². The van der Waals surface area contributed by atoms with Gasteiger partial charge in [0.2, 0.25) is 0 Å². The van der Waals surface area contributed by atoms with Crippen molar-refractivity contribution in [1.82, 2.24) is 0 Å². The summed E-state index contributed by atoms with van der Waals surface area (Å²) in [6, 6.07) is 55.5. The molecule has 2 heterocycles. The van der Waals surface area contributed by atoms with Crippen LogP contribution in [-0.2, 0) is 5.41 Å². The molecule has 0 radical (unpaired) electrons. The first-order valence-electron chi connectivity index (χ1n) is 18.9. The van der Waals surface area contributed by atoms with E-state index >= 15 is 0 Å². The van der Waals surface area contributed by atoms with Crippen LogP contribution >= 0.6 is 11.3 Å². The molecule has 3 heteroatoms. The first kappa shape index (κ1) is 33.2. The van der Waals surface area contributed by atoms with Crippen LogP contribution in [0.3, 0.4) is 0 Å². The Morgan fingerprint density at radius 1 is 0.564 bits per heavy atom. The fourth-order valence-corrected chi connectivity index (χ4v) is 9.54. The topological polar surface area (TPSA) is 12.5 Å². The molecule has 10 rings (SSSR count). The van der Waals surface area contributed by atoms with E-state index in [-0.39, 0.29) is 5.41 Å². The predicted molar refractivity (Wildman–Crippen MR) is 235 cm³/mol. The van der Waals surface area contributed by atoms with Crippen LogP contribution in [0.15, 0.2) is 183 Å². The van der Waals surface area contributed by atoms with E-state index in [0.717, 1.165) is 39.5 Å². The lowest BCUT2D eigenvalue weighted by Crippen LogP contribution is -2.15. The molecule has 55 heavy (non-hydrogen) atoms. The smallest absolute Gasteiger partial charge is 0.135 e. The minimum Gasteiger partial charge on any atom is -0.488 e. The molecular weight excluding hydrogens is 687 g/mol. The van der Waals surface area contributed by atoms with Crippen LogP contribution in [0.2, 0.25) is 0 Å². The Morgan fingerprint density at radius 3 is 1.98 bits per heavy atom. The summed E-state index contributed by atoms with van der Waals surface area (Å²) in [6.07, 6.45) is 8.19. The monoisotopic (exact) mass is 725 g/mol. The summed E-state index contributed by atoms with van der Waals surface area (Å²) >= 11 is 1.86. The minimum absolute atomic E-state index is 0.189. The molecule has 0 amide bonds. The van der Waals surface area contributed by atoms with Crippen LogP contribution in [-0.4, -0.2) is 6.61 Å². The number of ether oxygens (including phenoxy) is 1. The highest BCUT2D eigenvalue weighted by molar-refractivity contribution is 7.25. The summed E-state index contributed by atoms with van der Waals surface area (Å²) < 4.78 is 9.24. The van der Waals surface area contributed by atoms with E-state index in [2.05, 4.69) is 189 Å². The van der Waals surface area contributed by atoms with Crippen LogP contribution in [0.5, 0.6) is 5.75 Å². The van der Waals surface area contributed by atoms with Crippen molar-refractivity contribution in [3.05, 3.63) is 199 Å². The van der Waals surface area contributed by atoms with E-state index in [0.29, 0.717) is 6.61 Å². The maximum atomic E-state index is 6.60. The van der Waals surface area contributed by atoms with Gasteiger partial charge in [-0.2, -0.15) is 0 Å². The van der Waals surface area contributed by atoms with Gasteiger partial charge in [0.05, 0.1) is 0 Å². The fraction of sp³-hybridized carbons (Fsp3) is 0.0769. The van der Waals surface area contributed by atoms with Crippen LogP contribution in [0.25, 0.3) is 59.1 Å². The number of thiophene rings is 1. The quantitative estimate of drug-likeness (QED) is 0.175. The number of nitrogens with zero attached hydrogens (tertiary/aromatic N) is 1. The highest BCUT2D eigenvalue weighted by Crippen LogP contribution is 2.55. The molecule has 264 valence electrons. The fourth-order valence-electron chi connectivity index (χ4n) is 8.46. The van der Waals surface area contributed by atoms with Gasteiger partial charge in [-0.3, -0.25) is 0 Å². The van der Waals surface area contributed by atoms with Gasteiger partial charge in [0.15, 0.2) is 0 Å². The van der Waals surface area contributed by atoms with Gasteiger partial charge < -0.3 is 9.64 Å². The minimum atomic E-state index is -0.189. The molecule has 7 aromatic carbocycles. The first-order valence-corrected chi connectivity index (χ1v) is 19.7. The SMILES string of the molecule is C=C1/C=C\C=C/COc2c1ccc1c2-c2cc(N(c3ccc(-c4ccccc4)cc3)c3ccc(-c4ccc5sc6ccccc6c5c4)cc3)ccc2C1(C)C. The highest BCUT2D eigenvalue weighted by Gasteiger charge is 2.39. The summed E-state index contributed by atoms with van der Waals surface area (Å²) in [4.78, 5) is 2.38. The molecule has 1 aliphatic heterocycles. The molecular formula is C52H39NOS. The second-order valence-corrected chi connectivity index (χ2v) is 16.0. The van der Waals surface area contributed by atoms with Crippen LogP contribution in [0, 0.1) is 0 Å². The highest BCUT2D eigenvalue weighted by atomic mass is 32.1. The Hall–Kier alpha value is -6.42. The van der Waals surface area contributed by atoms with Crippen molar-refractivity contribution in [2.45, 2.75) is 19.3 Å². The summed E-state index contributed by atoms with van der Waals surface area (Å²) in [5.74, 6) is 0.904. The molecule has 0 fully saturated rings. The maximum absolute atomic E-state index is 6.60. The standard InChI is InChI=1S/C52H39NOS/c1-34-12-6-5-11-31-54-51-42(34)27-29-47-50(51)45-33-41(26-28-46(45)52(47,2)3)53(39-22-17-36(18-23-39)35-13-7-4-8-14-35)40-24-19-37(20-25-40)38-21-30-49-44(32-38)43-15-9-10-16-48(43)55-49/h4-30,32-33H,1,31H2,2-3H3/b11-5-,12-6-. The molecule has 2 nitrogen and oxygen atoms in total. The van der Waals surface area contributed by atoms with Crippen molar-refractivity contribution < 1.29 is 4.74 Å². The normalized spacial score (nSPS) is 15.3. The number of anilines is 3. The lowest BCUT2D eigenvalue weighted by atomic mass is 9.82. The molecule has 2 aliphatic rings. The van der Waals surface area contributed by atoms with Crippen molar-refractivity contribution in [3.63, 3.8) is 0 Å². The molecule has 0 unspecified atom stereocenters. The number of hydrogen-bond acceptors (Lipinski definition) is 3. The Balaban J connectivity index is 1.11. The van der Waals surface area contributed by atoms with Crippen molar-refractivity contribution in [2.75, 3.05) is 11.5 Å². The Bertz CT molecular complexity index is 2840. The summed E-state index contributed by atoms with van der Waals surface area (Å²) in [6.45, 7) is 9.56. The molecule has 0 bridgehead atoms. The zero-order valence-corrected chi connectivity index (χ0v) is 31.7. The number of fused-ring (bicyclic) bond motifs is 8. The molecule has 0 saturated heterocycles. The molecule has 8 aromatic rings. The Labute approximate surface area is 326 Å². The van der Waals surface area contributed by atoms with Crippen molar-refractivity contribution in [2.24, 2.45) is 0 Å². The third-order valence-corrected chi connectivity index (χ3v) is 12.5. The zero-order chi connectivity index (χ0) is 37.1. The number of rotatable bonds is 5. The van der Waals surface area contributed by atoms with Crippen LogP contribution in [0.1, 0.15) is 30.5 Å². The van der Waals surface area contributed by atoms with E-state index in [1.807, 2.05) is 23.5 Å². The maximum Gasteiger partial charge on any atom is 0.135 e. The average Bonchev–Trinajstić information content (AvgIpc) is 3.73. The Morgan fingerprint density at radius 2 is 1.20 bits per heavy atom. The van der Waals surface area contributed by atoms with Crippen molar-refractivity contribution in [3.8, 4) is 39.1 Å². The molecule has 0 N–H and O–H groups in total. The summed E-state index contributed by atoms with van der Waals surface area (Å²) in [5, 5.41) is 2.63. The van der Waals surface area contributed by atoms with Crippen molar-refractivity contribution in [1.29, 1.82) is 0 Å². The lowest BCUT2D eigenvalue weighted by molar-refractivity contribution is 0.363. The second kappa shape index (κ2) is 13.2. The number of allylic oxidation sites excluding steroid dienone is 4.